The number of halogens is 2. The van der Waals surface area contributed by atoms with E-state index in [1.807, 2.05) is 44.2 Å². The number of allylic oxidation sites excluding steroid dienone is 3. The van der Waals surface area contributed by atoms with E-state index in [0.717, 1.165) is 0 Å². The molecule has 0 amide bonds. The van der Waals surface area contributed by atoms with Crippen molar-refractivity contribution in [2.75, 3.05) is 25.2 Å². The van der Waals surface area contributed by atoms with Crippen molar-refractivity contribution in [3.63, 3.8) is 0 Å². The van der Waals surface area contributed by atoms with Gasteiger partial charge in [-0.2, -0.15) is 0 Å². The van der Waals surface area contributed by atoms with E-state index >= 15 is 0 Å². The van der Waals surface area contributed by atoms with Crippen LogP contribution in [0.25, 0.3) is 0 Å². The highest BCUT2D eigenvalue weighted by atomic mass is 35.5. The number of benzene rings is 1. The molecule has 0 radical (unpaired) electrons. The Morgan fingerprint density at radius 3 is 2.56 bits per heavy atom. The van der Waals surface area contributed by atoms with Crippen molar-refractivity contribution in [1.29, 1.82) is 0 Å². The number of carbonyl (C=O) groups excluding carboxylic acids is 1. The summed E-state index contributed by atoms with van der Waals surface area (Å²) in [7, 11) is -2.14. The maximum Gasteiger partial charge on any atom is 0.339 e. The van der Waals surface area contributed by atoms with Gasteiger partial charge in [-0.1, -0.05) is 66.6 Å². The summed E-state index contributed by atoms with van der Waals surface area (Å²) in [6.45, 7) is 3.04. The van der Waals surface area contributed by atoms with Gasteiger partial charge in [0.15, 0.2) is 5.60 Å². The van der Waals surface area contributed by atoms with Crippen LogP contribution >= 0.6 is 33.2 Å². The summed E-state index contributed by atoms with van der Waals surface area (Å²) in [5.41, 5.74) is 0.231. The molecule has 6 N–H and O–H groups in total. The first-order chi connectivity index (χ1) is 23.8. The molecule has 1 aromatic carbocycles. The zero-order valence-electron chi connectivity index (χ0n) is 27.6. The molecule has 5 aliphatic rings. The van der Waals surface area contributed by atoms with Gasteiger partial charge in [-0.25, -0.2) is 14.8 Å². The number of hydrogen-bond acceptors (Lipinski definition) is 12. The predicted molar refractivity (Wildman–Crippen MR) is 185 cm³/mol. The quantitative estimate of drug-likeness (QED) is 0.169. The van der Waals surface area contributed by atoms with Gasteiger partial charge in [0.05, 0.1) is 34.9 Å². The van der Waals surface area contributed by atoms with Crippen LogP contribution in [-0.4, -0.2) is 116 Å². The van der Waals surface area contributed by atoms with E-state index in [9.17, 15) is 35.4 Å². The zero-order chi connectivity index (χ0) is 36.1. The van der Waals surface area contributed by atoms with Crippen molar-refractivity contribution in [2.24, 2.45) is 5.92 Å². The Morgan fingerprint density at radius 2 is 1.86 bits per heavy atom. The number of ether oxygens (including phenoxy) is 5. The number of carbonyl (C=O) groups is 1. The molecular weight excluding hydrogens is 715 g/mol. The van der Waals surface area contributed by atoms with E-state index in [4.69, 9.17) is 46.9 Å². The SMILES string of the molecule is C/C=C\C1=C(C(/Cl)=C/OC2CC(O)C(O)C(CO)O2)S(C)(CC)C2C(Cl)=C(O[C@@H]3OC[C@H](O)[C@H](O)C3O)C=CC2C12OC(=O)c1ccccc12. The molecule has 12 nitrogen and oxygen atoms in total. The lowest BCUT2D eigenvalue weighted by atomic mass is 9.71. The van der Waals surface area contributed by atoms with Crippen LogP contribution in [0.2, 0.25) is 0 Å². The van der Waals surface area contributed by atoms with Crippen LogP contribution in [0.1, 0.15) is 36.2 Å². The topological polar surface area (TPSA) is 185 Å². The first-order valence-corrected chi connectivity index (χ1v) is 19.4. The average molecular weight is 758 g/mol. The second-order valence-corrected chi connectivity index (χ2v) is 17.6. The van der Waals surface area contributed by atoms with E-state index < -0.39 is 88.6 Å². The summed E-state index contributed by atoms with van der Waals surface area (Å²) in [4.78, 5) is 14.2. The summed E-state index contributed by atoms with van der Waals surface area (Å²) < 4.78 is 29.7. The summed E-state index contributed by atoms with van der Waals surface area (Å²) in [5.74, 6) is -0.359. The van der Waals surface area contributed by atoms with E-state index in [0.29, 0.717) is 27.4 Å². The van der Waals surface area contributed by atoms with Gasteiger partial charge in [-0.15, -0.1) is 0 Å². The molecule has 0 saturated carbocycles. The van der Waals surface area contributed by atoms with Crippen LogP contribution in [0.4, 0.5) is 0 Å². The minimum absolute atomic E-state index is 0.0858. The normalized spacial score (nSPS) is 41.6. The summed E-state index contributed by atoms with van der Waals surface area (Å²) in [6, 6.07) is 7.12. The van der Waals surface area contributed by atoms with Gasteiger partial charge in [-0.3, -0.25) is 0 Å². The van der Waals surface area contributed by atoms with Crippen LogP contribution in [0.15, 0.2) is 81.1 Å². The average Bonchev–Trinajstić information content (AvgIpc) is 3.40. The maximum atomic E-state index is 13.6. The fourth-order valence-electron chi connectivity index (χ4n) is 7.47. The Labute approximate surface area is 301 Å². The molecule has 4 aliphatic heterocycles. The lowest BCUT2D eigenvalue weighted by molar-refractivity contribution is -0.257. The molecule has 6 rings (SSSR count). The highest BCUT2D eigenvalue weighted by Gasteiger charge is 2.63. The monoisotopic (exact) mass is 756 g/mol. The third kappa shape index (κ3) is 6.03. The Kier molecular flexibility index (Phi) is 10.9. The van der Waals surface area contributed by atoms with Gasteiger partial charge in [0.1, 0.15) is 42.5 Å². The predicted octanol–water partition coefficient (Wildman–Crippen LogP) is 2.74. The molecule has 0 bridgehead atoms. The first-order valence-electron chi connectivity index (χ1n) is 16.3. The van der Waals surface area contributed by atoms with Gasteiger partial charge in [0.25, 0.3) is 0 Å². The molecule has 2 fully saturated rings. The van der Waals surface area contributed by atoms with Gasteiger partial charge in [-0.05, 0) is 31.1 Å². The van der Waals surface area contributed by atoms with E-state index in [2.05, 4.69) is 6.26 Å². The molecule has 274 valence electrons. The highest BCUT2D eigenvalue weighted by molar-refractivity contribution is 8.37. The van der Waals surface area contributed by atoms with Crippen molar-refractivity contribution >= 4 is 39.2 Å². The second-order valence-electron chi connectivity index (χ2n) is 12.9. The van der Waals surface area contributed by atoms with Crippen LogP contribution in [0.5, 0.6) is 0 Å². The molecule has 1 spiro atoms. The van der Waals surface area contributed by atoms with E-state index in [-0.39, 0.29) is 28.9 Å². The van der Waals surface area contributed by atoms with Crippen LogP contribution < -0.4 is 0 Å². The van der Waals surface area contributed by atoms with Gasteiger partial charge in [0.2, 0.25) is 12.6 Å². The molecule has 9 unspecified atom stereocenters. The number of aliphatic hydroxyl groups excluding tert-OH is 6. The number of fused-ring (bicyclic) bond motifs is 4. The minimum atomic E-state index is -2.14. The third-order valence-corrected chi connectivity index (χ3v) is 15.3. The van der Waals surface area contributed by atoms with Gasteiger partial charge >= 0.3 is 5.97 Å². The fourth-order valence-corrected chi connectivity index (χ4v) is 12.6. The Bertz CT molecular complexity index is 1640. The molecule has 0 aromatic heterocycles. The Morgan fingerprint density at radius 1 is 1.12 bits per heavy atom. The Balaban J connectivity index is 1.51. The summed E-state index contributed by atoms with van der Waals surface area (Å²) >= 11 is 14.6. The van der Waals surface area contributed by atoms with Crippen molar-refractivity contribution < 1.29 is 59.1 Å². The highest BCUT2D eigenvalue weighted by Crippen LogP contribution is 2.73. The Hall–Kier alpha value is -2.40. The second kappa shape index (κ2) is 14.6. The lowest BCUT2D eigenvalue weighted by Crippen LogP contribution is -2.54. The number of rotatable bonds is 8. The molecular formula is C35H42Cl2O12S. The smallest absolute Gasteiger partial charge is 0.339 e. The van der Waals surface area contributed by atoms with E-state index in [1.165, 1.54) is 6.26 Å². The van der Waals surface area contributed by atoms with E-state index in [1.54, 1.807) is 18.2 Å². The molecule has 2 saturated heterocycles. The van der Waals surface area contributed by atoms with Crippen molar-refractivity contribution in [3.8, 4) is 0 Å². The first kappa shape index (κ1) is 37.4. The molecule has 15 heteroatoms. The van der Waals surface area contributed by atoms with Crippen molar-refractivity contribution in [2.45, 2.75) is 80.3 Å². The number of aliphatic hydroxyl groups is 6. The summed E-state index contributed by atoms with van der Waals surface area (Å²) in [5, 5.41) is 61.0. The van der Waals surface area contributed by atoms with Crippen LogP contribution in [-0.2, 0) is 29.3 Å². The molecule has 50 heavy (non-hydrogen) atoms. The third-order valence-electron chi connectivity index (χ3n) is 10.1. The molecule has 4 heterocycles. The van der Waals surface area contributed by atoms with Crippen molar-refractivity contribution in [1.82, 2.24) is 0 Å². The van der Waals surface area contributed by atoms with Crippen molar-refractivity contribution in [3.05, 3.63) is 92.3 Å². The molecule has 1 aliphatic carbocycles. The van der Waals surface area contributed by atoms with Gasteiger partial charge in [0, 0.05) is 33.6 Å². The number of hydrogen-bond donors (Lipinski definition) is 6. The van der Waals surface area contributed by atoms with Gasteiger partial charge < -0.3 is 54.3 Å². The summed E-state index contributed by atoms with van der Waals surface area (Å²) in [6.07, 6.45) is 0.184. The number of esters is 1. The standard InChI is InChI=1S/C35H42Cl2O12S/c1-4-8-19-31(21(36)15-45-26-13-22(39)28(41)25(14-38)47-26)50(3,5-2)32-20(35(19)18-10-7-6-9-17(18)33(44)49-35)11-12-24(27(32)37)48-34-30(43)29(42)23(40)16-46-34/h4,6-12,15,20,22-23,25-26,28-30,32,34,38-43H,5,13-14,16H2,1-3H3/b8-4-,21-15-/t20?,22?,23-,25?,26?,28?,29-,30?,32?,34-,35?/m0/s1. The largest absolute Gasteiger partial charge is 0.471 e. The van der Waals surface area contributed by atoms with Crippen LogP contribution in [0, 0.1) is 5.92 Å². The molecule has 1 aromatic rings. The lowest BCUT2D eigenvalue weighted by Gasteiger charge is -2.57. The maximum absolute atomic E-state index is 13.6. The fraction of sp³-hybridized carbons (Fsp3) is 0.514. The minimum Gasteiger partial charge on any atom is -0.471 e. The molecule has 12 atom stereocenters. The van der Waals surface area contributed by atoms with Crippen LogP contribution in [0.3, 0.4) is 0 Å². The zero-order valence-corrected chi connectivity index (χ0v) is 29.9.